The maximum atomic E-state index is 2.54. The first kappa shape index (κ1) is 9.26. The summed E-state index contributed by atoms with van der Waals surface area (Å²) in [5.41, 5.74) is 3.56. The normalized spacial score (nSPS) is 23.1. The van der Waals surface area contributed by atoms with E-state index in [1.54, 1.807) is 0 Å². The van der Waals surface area contributed by atoms with E-state index in [0.717, 1.165) is 5.41 Å². The number of hydrogen-bond acceptors (Lipinski definition) is 1. The van der Waals surface area contributed by atoms with Crippen LogP contribution in [0.2, 0.25) is 0 Å². The molecule has 1 heteroatoms. The first-order valence-electron chi connectivity index (χ1n) is 6.09. The van der Waals surface area contributed by atoms with Gasteiger partial charge in [-0.3, -0.25) is 0 Å². The van der Waals surface area contributed by atoms with Crippen molar-refractivity contribution < 1.29 is 0 Å². The maximum absolute atomic E-state index is 2.54. The molecule has 1 heterocycles. The summed E-state index contributed by atoms with van der Waals surface area (Å²) < 4.78 is 0. The Morgan fingerprint density at radius 3 is 2.07 bits per heavy atom. The van der Waals surface area contributed by atoms with E-state index in [4.69, 9.17) is 0 Å². The van der Waals surface area contributed by atoms with Crippen LogP contribution in [0, 0.1) is 12.3 Å². The van der Waals surface area contributed by atoms with E-state index < -0.39 is 0 Å². The number of nitrogens with zero attached hydrogens (tertiary/aromatic N) is 1. The Bertz CT molecular complexity index is 338. The summed E-state index contributed by atoms with van der Waals surface area (Å²) in [7, 11) is 0. The minimum absolute atomic E-state index is 0.793. The molecule has 0 N–H and O–H groups in total. The third-order valence-electron chi connectivity index (χ3n) is 4.18. The first-order chi connectivity index (χ1) is 7.27. The summed E-state index contributed by atoms with van der Waals surface area (Å²) in [4.78, 5) is 2.54. The highest BCUT2D eigenvalue weighted by molar-refractivity contribution is 5.48. The molecular weight excluding hydrogens is 182 g/mol. The molecule has 15 heavy (non-hydrogen) atoms. The zero-order valence-electron chi connectivity index (χ0n) is 9.50. The number of aryl methyl sites for hydroxylation is 1. The molecule has 1 aromatic rings. The highest BCUT2D eigenvalue weighted by Gasteiger charge is 2.44. The Morgan fingerprint density at radius 1 is 0.933 bits per heavy atom. The smallest absolute Gasteiger partial charge is 0.0366 e. The number of anilines is 1. The van der Waals surface area contributed by atoms with Gasteiger partial charge in [-0.15, -0.1) is 0 Å². The lowest BCUT2D eigenvalue weighted by Gasteiger charge is -2.33. The van der Waals surface area contributed by atoms with Crippen LogP contribution in [0.15, 0.2) is 24.3 Å². The van der Waals surface area contributed by atoms with E-state index in [9.17, 15) is 0 Å². The van der Waals surface area contributed by atoms with Crippen LogP contribution in [-0.4, -0.2) is 13.1 Å². The van der Waals surface area contributed by atoms with Crippen molar-refractivity contribution in [2.75, 3.05) is 18.0 Å². The van der Waals surface area contributed by atoms with Crippen LogP contribution in [0.4, 0.5) is 5.69 Å². The molecule has 1 aliphatic carbocycles. The molecule has 1 saturated heterocycles. The zero-order chi connectivity index (χ0) is 10.3. The Balaban J connectivity index is 1.70. The minimum Gasteiger partial charge on any atom is -0.371 e. The van der Waals surface area contributed by atoms with E-state index in [-0.39, 0.29) is 0 Å². The Labute approximate surface area is 92.1 Å². The average Bonchev–Trinajstić information content (AvgIpc) is 3.01. The molecule has 0 radical (unpaired) electrons. The minimum atomic E-state index is 0.793. The van der Waals surface area contributed by atoms with Gasteiger partial charge in [0, 0.05) is 18.8 Å². The average molecular weight is 201 g/mol. The summed E-state index contributed by atoms with van der Waals surface area (Å²) in [6.45, 7) is 4.69. The summed E-state index contributed by atoms with van der Waals surface area (Å²) >= 11 is 0. The fourth-order valence-corrected chi connectivity index (χ4v) is 2.67. The molecular formula is C14H19N. The summed E-state index contributed by atoms with van der Waals surface area (Å²) in [6.07, 6.45) is 5.82. The van der Waals surface area contributed by atoms with Crippen LogP contribution >= 0.6 is 0 Å². The summed E-state index contributed by atoms with van der Waals surface area (Å²) in [6, 6.07) is 8.97. The van der Waals surface area contributed by atoms with Crippen LogP contribution in [0.1, 0.15) is 31.2 Å². The fourth-order valence-electron chi connectivity index (χ4n) is 2.67. The van der Waals surface area contributed by atoms with Gasteiger partial charge >= 0.3 is 0 Å². The zero-order valence-corrected chi connectivity index (χ0v) is 9.50. The van der Waals surface area contributed by atoms with E-state index in [1.165, 1.54) is 50.0 Å². The highest BCUT2D eigenvalue weighted by Crippen LogP contribution is 2.53. The van der Waals surface area contributed by atoms with Gasteiger partial charge in [-0.2, -0.15) is 0 Å². The van der Waals surface area contributed by atoms with Gasteiger partial charge in [0.05, 0.1) is 0 Å². The molecule has 1 saturated carbocycles. The van der Waals surface area contributed by atoms with Gasteiger partial charge in [0.2, 0.25) is 0 Å². The van der Waals surface area contributed by atoms with Crippen molar-refractivity contribution in [2.24, 2.45) is 5.41 Å². The van der Waals surface area contributed by atoms with E-state index in [1.807, 2.05) is 0 Å². The molecule has 2 fully saturated rings. The van der Waals surface area contributed by atoms with Crippen molar-refractivity contribution in [1.29, 1.82) is 0 Å². The molecule has 0 unspecified atom stereocenters. The van der Waals surface area contributed by atoms with Crippen molar-refractivity contribution in [2.45, 2.75) is 32.6 Å². The molecule has 3 rings (SSSR count). The Hall–Kier alpha value is -0.980. The van der Waals surface area contributed by atoms with Gasteiger partial charge in [-0.25, -0.2) is 0 Å². The molecule has 0 amide bonds. The standard InChI is InChI=1S/C14H19N/c1-12-2-4-13(5-3-12)15-10-8-14(6-7-14)9-11-15/h2-5H,6-11H2,1H3. The van der Waals surface area contributed by atoms with Crippen LogP contribution < -0.4 is 4.90 Å². The molecule has 1 aliphatic heterocycles. The SMILES string of the molecule is Cc1ccc(N2CCC3(CC2)CC3)cc1. The van der Waals surface area contributed by atoms with Gasteiger partial charge < -0.3 is 4.90 Å². The summed E-state index contributed by atoms with van der Waals surface area (Å²) in [5.74, 6) is 0. The highest BCUT2D eigenvalue weighted by atomic mass is 15.1. The second kappa shape index (κ2) is 3.26. The predicted octanol–water partition coefficient (Wildman–Crippen LogP) is 3.38. The lowest BCUT2D eigenvalue weighted by atomic mass is 9.93. The monoisotopic (exact) mass is 201 g/mol. The third-order valence-corrected chi connectivity index (χ3v) is 4.18. The number of piperidine rings is 1. The first-order valence-corrected chi connectivity index (χ1v) is 6.09. The topological polar surface area (TPSA) is 3.24 Å². The van der Waals surface area contributed by atoms with Gasteiger partial charge in [0.15, 0.2) is 0 Å². The second-order valence-electron chi connectivity index (χ2n) is 5.32. The molecule has 1 aromatic carbocycles. The third kappa shape index (κ3) is 1.75. The van der Waals surface area contributed by atoms with Crippen LogP contribution in [0.25, 0.3) is 0 Å². The van der Waals surface area contributed by atoms with Crippen molar-refractivity contribution in [3.63, 3.8) is 0 Å². The van der Waals surface area contributed by atoms with Crippen LogP contribution in [0.5, 0.6) is 0 Å². The summed E-state index contributed by atoms with van der Waals surface area (Å²) in [5, 5.41) is 0. The number of rotatable bonds is 1. The lowest BCUT2D eigenvalue weighted by Crippen LogP contribution is -2.34. The maximum Gasteiger partial charge on any atom is 0.0366 e. The molecule has 0 aromatic heterocycles. The van der Waals surface area contributed by atoms with Crippen LogP contribution in [0.3, 0.4) is 0 Å². The van der Waals surface area contributed by atoms with E-state index >= 15 is 0 Å². The lowest BCUT2D eigenvalue weighted by molar-refractivity contribution is 0.384. The quantitative estimate of drug-likeness (QED) is 0.673. The molecule has 0 bridgehead atoms. The van der Waals surface area contributed by atoms with Gasteiger partial charge in [-0.05, 0) is 50.2 Å². The Morgan fingerprint density at radius 2 is 1.53 bits per heavy atom. The molecule has 80 valence electrons. The van der Waals surface area contributed by atoms with E-state index in [2.05, 4.69) is 36.1 Å². The van der Waals surface area contributed by atoms with Gasteiger partial charge in [0.25, 0.3) is 0 Å². The van der Waals surface area contributed by atoms with Crippen molar-refractivity contribution in [1.82, 2.24) is 0 Å². The van der Waals surface area contributed by atoms with Gasteiger partial charge in [-0.1, -0.05) is 17.7 Å². The number of hydrogen-bond donors (Lipinski definition) is 0. The van der Waals surface area contributed by atoms with Crippen molar-refractivity contribution in [3.05, 3.63) is 29.8 Å². The molecule has 1 spiro atoms. The van der Waals surface area contributed by atoms with Gasteiger partial charge in [0.1, 0.15) is 0 Å². The molecule has 2 aliphatic rings. The Kier molecular flexibility index (Phi) is 2.01. The van der Waals surface area contributed by atoms with Crippen LogP contribution in [-0.2, 0) is 0 Å². The fraction of sp³-hybridized carbons (Fsp3) is 0.571. The molecule has 1 nitrogen and oxygen atoms in total. The number of benzene rings is 1. The predicted molar refractivity (Wildman–Crippen MR) is 64.3 cm³/mol. The largest absolute Gasteiger partial charge is 0.371 e. The second-order valence-corrected chi connectivity index (χ2v) is 5.32. The van der Waals surface area contributed by atoms with Crippen molar-refractivity contribution >= 4 is 5.69 Å². The van der Waals surface area contributed by atoms with Crippen molar-refractivity contribution in [3.8, 4) is 0 Å². The molecule has 0 atom stereocenters. The van der Waals surface area contributed by atoms with E-state index in [0.29, 0.717) is 0 Å².